The van der Waals surface area contributed by atoms with Crippen molar-refractivity contribution in [3.63, 3.8) is 0 Å². The van der Waals surface area contributed by atoms with E-state index in [0.29, 0.717) is 25.1 Å². The lowest BCUT2D eigenvalue weighted by Crippen LogP contribution is -2.41. The Morgan fingerprint density at radius 3 is 2.47 bits per heavy atom. The zero-order chi connectivity index (χ0) is 22.1. The quantitative estimate of drug-likeness (QED) is 0.552. The fraction of sp³-hybridized carbons (Fsp3) is 0.435. The molecular formula is C23H32N2O4S. The Balaban J connectivity index is 2.16. The number of benzene rings is 2. The van der Waals surface area contributed by atoms with E-state index < -0.39 is 10.0 Å². The number of carbonyl (C=O) groups excluding carboxylic acids is 1. The first-order valence-corrected chi connectivity index (χ1v) is 11.6. The van der Waals surface area contributed by atoms with Gasteiger partial charge in [0.25, 0.3) is 0 Å². The lowest BCUT2D eigenvalue weighted by molar-refractivity contribution is -0.121. The van der Waals surface area contributed by atoms with Crippen LogP contribution in [0.25, 0.3) is 0 Å². The van der Waals surface area contributed by atoms with Gasteiger partial charge in [-0.15, -0.1) is 0 Å². The fourth-order valence-electron chi connectivity index (χ4n) is 2.97. The molecule has 30 heavy (non-hydrogen) atoms. The molecular weight excluding hydrogens is 400 g/mol. The van der Waals surface area contributed by atoms with Crippen molar-refractivity contribution in [3.05, 3.63) is 65.2 Å². The van der Waals surface area contributed by atoms with Gasteiger partial charge in [0.1, 0.15) is 0 Å². The third-order valence-corrected chi connectivity index (χ3v) is 6.51. The Morgan fingerprint density at radius 2 is 1.80 bits per heavy atom. The molecule has 2 rings (SSSR count). The standard InChI is InChI=1S/C23H32N2O4S/c1-18(2)29-14-8-13-24-23(26)17-25(16-21-9-6-5-7-10-21)30(27,28)22-15-19(3)11-12-20(22)4/h5-7,9-12,15,18H,8,13-14,16-17H2,1-4H3,(H,24,26). The summed E-state index contributed by atoms with van der Waals surface area (Å²) in [5.74, 6) is -0.329. The number of nitrogens with zero attached hydrogens (tertiary/aromatic N) is 1. The Morgan fingerprint density at radius 1 is 1.10 bits per heavy atom. The van der Waals surface area contributed by atoms with Crippen LogP contribution in [0.5, 0.6) is 0 Å². The monoisotopic (exact) mass is 432 g/mol. The zero-order valence-electron chi connectivity index (χ0n) is 18.2. The third kappa shape index (κ3) is 7.23. The van der Waals surface area contributed by atoms with E-state index in [1.165, 1.54) is 4.31 Å². The SMILES string of the molecule is Cc1ccc(C)c(S(=O)(=O)N(CC(=O)NCCCOC(C)C)Cc2ccccc2)c1. The Kier molecular flexibility index (Phi) is 9.02. The summed E-state index contributed by atoms with van der Waals surface area (Å²) in [5, 5.41) is 2.80. The van der Waals surface area contributed by atoms with Crippen molar-refractivity contribution in [3.8, 4) is 0 Å². The molecule has 0 heterocycles. The van der Waals surface area contributed by atoms with E-state index in [1.54, 1.807) is 19.1 Å². The number of amides is 1. The highest BCUT2D eigenvalue weighted by Crippen LogP contribution is 2.23. The highest BCUT2D eigenvalue weighted by atomic mass is 32.2. The van der Waals surface area contributed by atoms with E-state index in [-0.39, 0.29) is 30.0 Å². The van der Waals surface area contributed by atoms with E-state index in [1.807, 2.05) is 57.2 Å². The van der Waals surface area contributed by atoms with Gasteiger partial charge in [0.2, 0.25) is 15.9 Å². The van der Waals surface area contributed by atoms with Gasteiger partial charge in [0.05, 0.1) is 17.5 Å². The smallest absolute Gasteiger partial charge is 0.244 e. The van der Waals surface area contributed by atoms with Crippen LogP contribution in [0.3, 0.4) is 0 Å². The minimum Gasteiger partial charge on any atom is -0.379 e. The summed E-state index contributed by atoms with van der Waals surface area (Å²) in [7, 11) is -3.85. The number of nitrogens with one attached hydrogen (secondary N) is 1. The normalized spacial score (nSPS) is 11.8. The molecule has 0 aliphatic carbocycles. The van der Waals surface area contributed by atoms with Crippen LogP contribution in [0.15, 0.2) is 53.4 Å². The van der Waals surface area contributed by atoms with E-state index in [4.69, 9.17) is 4.74 Å². The Hall–Kier alpha value is -2.22. The predicted molar refractivity (Wildman–Crippen MR) is 119 cm³/mol. The molecule has 1 amide bonds. The molecule has 0 spiro atoms. The van der Waals surface area contributed by atoms with Crippen LogP contribution in [0.1, 0.15) is 37.0 Å². The van der Waals surface area contributed by atoms with Gasteiger partial charge in [-0.1, -0.05) is 42.5 Å². The second kappa shape index (κ2) is 11.2. The fourth-order valence-corrected chi connectivity index (χ4v) is 4.67. The van der Waals surface area contributed by atoms with Crippen LogP contribution < -0.4 is 5.32 Å². The lowest BCUT2D eigenvalue weighted by Gasteiger charge is -2.23. The van der Waals surface area contributed by atoms with Crippen molar-refractivity contribution >= 4 is 15.9 Å². The van der Waals surface area contributed by atoms with Crippen LogP contribution in [0.2, 0.25) is 0 Å². The summed E-state index contributed by atoms with van der Waals surface area (Å²) in [4.78, 5) is 12.7. The van der Waals surface area contributed by atoms with Crippen LogP contribution >= 0.6 is 0 Å². The maximum Gasteiger partial charge on any atom is 0.244 e. The summed E-state index contributed by atoms with van der Waals surface area (Å²) in [6, 6.07) is 14.6. The van der Waals surface area contributed by atoms with Gasteiger partial charge in [-0.2, -0.15) is 4.31 Å². The zero-order valence-corrected chi connectivity index (χ0v) is 19.0. The topological polar surface area (TPSA) is 75.7 Å². The maximum absolute atomic E-state index is 13.4. The average molecular weight is 433 g/mol. The van der Waals surface area contributed by atoms with Gasteiger partial charge in [-0.25, -0.2) is 8.42 Å². The molecule has 0 aromatic heterocycles. The highest BCUT2D eigenvalue weighted by Gasteiger charge is 2.28. The third-order valence-electron chi connectivity index (χ3n) is 4.58. The molecule has 0 radical (unpaired) electrons. The van der Waals surface area contributed by atoms with Crippen LogP contribution in [0.4, 0.5) is 0 Å². The van der Waals surface area contributed by atoms with Crippen molar-refractivity contribution in [1.82, 2.24) is 9.62 Å². The summed E-state index contributed by atoms with van der Waals surface area (Å²) < 4.78 is 33.5. The predicted octanol–water partition coefficient (Wildman–Crippen LogP) is 3.43. The molecule has 2 aromatic rings. The van der Waals surface area contributed by atoms with E-state index in [9.17, 15) is 13.2 Å². The number of hydrogen-bond acceptors (Lipinski definition) is 4. The minimum absolute atomic E-state index is 0.125. The van der Waals surface area contributed by atoms with Crippen molar-refractivity contribution in [1.29, 1.82) is 0 Å². The molecule has 2 aromatic carbocycles. The van der Waals surface area contributed by atoms with Crippen LogP contribution in [0, 0.1) is 13.8 Å². The molecule has 0 aliphatic heterocycles. The molecule has 0 bridgehead atoms. The summed E-state index contributed by atoms with van der Waals surface area (Å²) in [6.45, 7) is 8.40. The van der Waals surface area contributed by atoms with Crippen LogP contribution in [-0.2, 0) is 26.1 Å². The second-order valence-corrected chi connectivity index (χ2v) is 9.56. The number of carbonyl (C=O) groups is 1. The first kappa shape index (κ1) is 24.1. The molecule has 6 nitrogen and oxygen atoms in total. The minimum atomic E-state index is -3.85. The summed E-state index contributed by atoms with van der Waals surface area (Å²) in [6.07, 6.45) is 0.816. The van der Waals surface area contributed by atoms with E-state index in [2.05, 4.69) is 5.32 Å². The summed E-state index contributed by atoms with van der Waals surface area (Å²) in [5.41, 5.74) is 2.34. The van der Waals surface area contributed by atoms with Gasteiger partial charge in [0.15, 0.2) is 0 Å². The van der Waals surface area contributed by atoms with Crippen molar-refractivity contribution in [2.24, 2.45) is 0 Å². The number of hydrogen-bond donors (Lipinski definition) is 1. The largest absolute Gasteiger partial charge is 0.379 e. The number of aryl methyl sites for hydroxylation is 2. The molecule has 0 aliphatic rings. The molecule has 1 N–H and O–H groups in total. The first-order valence-electron chi connectivity index (χ1n) is 10.2. The molecule has 164 valence electrons. The average Bonchev–Trinajstić information content (AvgIpc) is 2.69. The highest BCUT2D eigenvalue weighted by molar-refractivity contribution is 7.89. The molecule has 0 fully saturated rings. The van der Waals surface area contributed by atoms with Gasteiger partial charge < -0.3 is 10.1 Å². The molecule has 0 saturated heterocycles. The lowest BCUT2D eigenvalue weighted by atomic mass is 10.2. The van der Waals surface area contributed by atoms with Crippen molar-refractivity contribution in [2.75, 3.05) is 19.7 Å². The van der Waals surface area contributed by atoms with Gasteiger partial charge in [-0.3, -0.25) is 4.79 Å². The van der Waals surface area contributed by atoms with E-state index >= 15 is 0 Å². The molecule has 0 unspecified atom stereocenters. The van der Waals surface area contributed by atoms with Crippen molar-refractivity contribution in [2.45, 2.75) is 51.7 Å². The van der Waals surface area contributed by atoms with Crippen molar-refractivity contribution < 1.29 is 17.9 Å². The second-order valence-electron chi connectivity index (χ2n) is 7.65. The number of sulfonamides is 1. The Bertz CT molecular complexity index is 927. The first-order chi connectivity index (χ1) is 14.2. The molecule has 0 atom stereocenters. The van der Waals surface area contributed by atoms with Crippen LogP contribution in [-0.4, -0.2) is 44.4 Å². The molecule has 0 saturated carbocycles. The maximum atomic E-state index is 13.4. The van der Waals surface area contributed by atoms with E-state index in [0.717, 1.165) is 11.1 Å². The van der Waals surface area contributed by atoms with Gasteiger partial charge in [-0.05, 0) is 56.9 Å². The van der Waals surface area contributed by atoms with Gasteiger partial charge >= 0.3 is 0 Å². The Labute approximate surface area is 180 Å². The molecule has 7 heteroatoms. The number of rotatable bonds is 11. The summed E-state index contributed by atoms with van der Waals surface area (Å²) >= 11 is 0. The number of ether oxygens (including phenoxy) is 1. The van der Waals surface area contributed by atoms with Gasteiger partial charge in [0, 0.05) is 19.7 Å².